The minimum absolute atomic E-state index is 0.580. The number of aromatic nitrogens is 5. The lowest BCUT2D eigenvalue weighted by atomic mass is 9.99. The second kappa shape index (κ2) is 9.12. The molecule has 5 heterocycles. The van der Waals surface area contributed by atoms with Crippen LogP contribution in [0.4, 0.5) is 5.69 Å². The highest BCUT2D eigenvalue weighted by Crippen LogP contribution is 2.48. The zero-order valence-corrected chi connectivity index (χ0v) is 25.4. The summed E-state index contributed by atoms with van der Waals surface area (Å²) < 4.78 is 4.68. The molecule has 0 atom stereocenters. The van der Waals surface area contributed by atoms with Crippen LogP contribution in [0.3, 0.4) is 0 Å². The molecule has 0 saturated heterocycles. The van der Waals surface area contributed by atoms with Gasteiger partial charge in [-0.2, -0.15) is 0 Å². The van der Waals surface area contributed by atoms with Crippen molar-refractivity contribution in [1.82, 2.24) is 23.9 Å². The number of fused-ring (bicyclic) bond motifs is 13. The smallest absolute Gasteiger partial charge is 0.235 e. The van der Waals surface area contributed by atoms with Gasteiger partial charge in [-0.25, -0.2) is 14.8 Å². The van der Waals surface area contributed by atoms with Crippen molar-refractivity contribution in [3.05, 3.63) is 145 Å². The average Bonchev–Trinajstić information content (AvgIpc) is 3.79. The van der Waals surface area contributed by atoms with E-state index in [1.165, 1.54) is 59.6 Å². The van der Waals surface area contributed by atoms with E-state index in [1.807, 2.05) is 36.4 Å². The van der Waals surface area contributed by atoms with Crippen LogP contribution in [0.25, 0.3) is 104 Å². The number of pyridine rings is 1. The number of rotatable bonds is 2. The van der Waals surface area contributed by atoms with Crippen LogP contribution < -0.4 is 0 Å². The standard InChI is InChI=1S/C42H22N6/c1-43-26-19-16-25(17-20-26)39-40-31(13-8-22-44-40)45-42(46-39)48-34-21-18-24-9-2-3-10-27(24)36(34)38-35(48)23-30-28-11-4-6-14-32(28)47-33-15-7-5-12-29(33)37(38)41(30)47/h2-23H. The van der Waals surface area contributed by atoms with Gasteiger partial charge in [-0.1, -0.05) is 91.0 Å². The fraction of sp³-hybridized carbons (Fsp3) is 0. The van der Waals surface area contributed by atoms with Crippen molar-refractivity contribution in [2.75, 3.05) is 0 Å². The van der Waals surface area contributed by atoms with Crippen LogP contribution in [0, 0.1) is 6.57 Å². The van der Waals surface area contributed by atoms with Crippen molar-refractivity contribution in [2.45, 2.75) is 0 Å². The highest BCUT2D eigenvalue weighted by molar-refractivity contribution is 6.38. The van der Waals surface area contributed by atoms with Crippen molar-refractivity contribution >= 4 is 87.4 Å². The normalized spacial score (nSPS) is 12.1. The number of benzene rings is 6. The van der Waals surface area contributed by atoms with E-state index in [1.54, 1.807) is 6.20 Å². The Morgan fingerprint density at radius 1 is 0.562 bits per heavy atom. The summed E-state index contributed by atoms with van der Waals surface area (Å²) in [5.74, 6) is 0.580. The second-order valence-electron chi connectivity index (χ2n) is 12.3. The van der Waals surface area contributed by atoms with E-state index in [0.29, 0.717) is 11.6 Å². The van der Waals surface area contributed by atoms with Crippen LogP contribution in [0.15, 0.2) is 134 Å². The topological polar surface area (TPSA) is 52.4 Å². The summed E-state index contributed by atoms with van der Waals surface area (Å²) >= 11 is 0. The summed E-state index contributed by atoms with van der Waals surface area (Å²) in [6.45, 7) is 7.45. The van der Waals surface area contributed by atoms with Crippen LogP contribution in [0.2, 0.25) is 0 Å². The number of hydrogen-bond donors (Lipinski definition) is 0. The molecule has 0 aliphatic carbocycles. The molecule has 11 rings (SSSR count). The molecule has 220 valence electrons. The zero-order valence-electron chi connectivity index (χ0n) is 25.4. The van der Waals surface area contributed by atoms with E-state index >= 15 is 0 Å². The van der Waals surface area contributed by atoms with Gasteiger partial charge in [0.25, 0.3) is 0 Å². The van der Waals surface area contributed by atoms with Gasteiger partial charge in [-0.05, 0) is 47.2 Å². The molecule has 48 heavy (non-hydrogen) atoms. The van der Waals surface area contributed by atoms with Crippen molar-refractivity contribution in [3.63, 3.8) is 0 Å². The van der Waals surface area contributed by atoms with E-state index in [2.05, 4.69) is 105 Å². The highest BCUT2D eigenvalue weighted by Gasteiger charge is 2.26. The van der Waals surface area contributed by atoms with Crippen molar-refractivity contribution < 1.29 is 0 Å². The molecule has 0 saturated carbocycles. The van der Waals surface area contributed by atoms with E-state index in [4.69, 9.17) is 21.5 Å². The molecule has 6 aromatic carbocycles. The van der Waals surface area contributed by atoms with E-state index in [9.17, 15) is 0 Å². The van der Waals surface area contributed by atoms with Gasteiger partial charge in [0, 0.05) is 44.1 Å². The van der Waals surface area contributed by atoms with Crippen LogP contribution in [-0.2, 0) is 0 Å². The lowest BCUT2D eigenvalue weighted by molar-refractivity contribution is 1.01. The molecule has 6 heteroatoms. The summed E-state index contributed by atoms with van der Waals surface area (Å²) in [7, 11) is 0. The fourth-order valence-electron chi connectivity index (χ4n) is 7.94. The SMILES string of the molecule is [C-]#[N+]c1ccc(-c2nc(-n3c4ccc5ccccc5c4c4c5c6ccccc6n6c7ccccc7c(cc43)c56)nc3cccnc23)cc1. The molecule has 0 fully saturated rings. The van der Waals surface area contributed by atoms with Gasteiger partial charge < -0.3 is 4.40 Å². The Morgan fingerprint density at radius 3 is 2.15 bits per heavy atom. The first-order valence-electron chi connectivity index (χ1n) is 15.9. The maximum atomic E-state index is 7.45. The summed E-state index contributed by atoms with van der Waals surface area (Å²) in [5, 5.41) is 9.65. The fourth-order valence-corrected chi connectivity index (χ4v) is 7.94. The minimum atomic E-state index is 0.580. The monoisotopic (exact) mass is 610 g/mol. The van der Waals surface area contributed by atoms with E-state index in [0.717, 1.165) is 33.3 Å². The van der Waals surface area contributed by atoms with E-state index < -0.39 is 0 Å². The highest BCUT2D eigenvalue weighted by atomic mass is 15.2. The Bertz CT molecular complexity index is 3180. The predicted octanol–water partition coefficient (Wildman–Crippen LogP) is 10.6. The van der Waals surface area contributed by atoms with Crippen LogP contribution >= 0.6 is 0 Å². The molecule has 6 nitrogen and oxygen atoms in total. The van der Waals surface area contributed by atoms with Gasteiger partial charge >= 0.3 is 0 Å². The summed E-state index contributed by atoms with van der Waals surface area (Å²) in [4.78, 5) is 18.8. The molecule has 0 aliphatic rings. The zero-order chi connectivity index (χ0) is 31.5. The van der Waals surface area contributed by atoms with E-state index in [-0.39, 0.29) is 0 Å². The number of nitrogens with zero attached hydrogens (tertiary/aromatic N) is 6. The third-order valence-corrected chi connectivity index (χ3v) is 9.90. The third kappa shape index (κ3) is 3.17. The maximum Gasteiger partial charge on any atom is 0.235 e. The molecule has 0 radical (unpaired) electrons. The molecular formula is C42H22N6. The van der Waals surface area contributed by atoms with Gasteiger partial charge in [0.05, 0.1) is 39.7 Å². The molecule has 0 spiro atoms. The van der Waals surface area contributed by atoms with Gasteiger partial charge in [-0.3, -0.25) is 9.55 Å². The largest absolute Gasteiger partial charge is 0.308 e. The maximum absolute atomic E-state index is 7.45. The molecule has 0 amide bonds. The number of hydrogen-bond acceptors (Lipinski definition) is 3. The Labute approximate surface area is 272 Å². The van der Waals surface area contributed by atoms with Crippen molar-refractivity contribution in [3.8, 4) is 17.2 Å². The van der Waals surface area contributed by atoms with Gasteiger partial charge in [-0.15, -0.1) is 0 Å². The summed E-state index contributed by atoms with van der Waals surface area (Å²) in [6, 6.07) is 44.3. The average molecular weight is 611 g/mol. The lowest BCUT2D eigenvalue weighted by Gasteiger charge is -2.11. The van der Waals surface area contributed by atoms with Crippen molar-refractivity contribution in [1.29, 1.82) is 0 Å². The summed E-state index contributed by atoms with van der Waals surface area (Å²) in [6.07, 6.45) is 1.78. The molecule has 0 aliphatic heterocycles. The molecule has 11 aromatic rings. The van der Waals surface area contributed by atoms with Crippen molar-refractivity contribution in [2.24, 2.45) is 0 Å². The molecule has 5 aromatic heterocycles. The first kappa shape index (κ1) is 25.4. The second-order valence-corrected chi connectivity index (χ2v) is 12.3. The Morgan fingerprint density at radius 2 is 1.31 bits per heavy atom. The minimum Gasteiger partial charge on any atom is -0.308 e. The Balaban J connectivity index is 1.39. The Kier molecular flexibility index (Phi) is 4.82. The first-order chi connectivity index (χ1) is 23.8. The quantitative estimate of drug-likeness (QED) is 0.183. The lowest BCUT2D eigenvalue weighted by Crippen LogP contribution is -2.04. The number of para-hydroxylation sites is 2. The van der Waals surface area contributed by atoms with Crippen LogP contribution in [0.5, 0.6) is 0 Å². The first-order valence-corrected chi connectivity index (χ1v) is 15.9. The van der Waals surface area contributed by atoms with Gasteiger partial charge in [0.15, 0.2) is 5.69 Å². The third-order valence-electron chi connectivity index (χ3n) is 9.90. The molecule has 0 unspecified atom stereocenters. The molecule has 0 bridgehead atoms. The molecule has 0 N–H and O–H groups in total. The van der Waals surface area contributed by atoms with Crippen LogP contribution in [0.1, 0.15) is 0 Å². The predicted molar refractivity (Wildman–Crippen MR) is 196 cm³/mol. The van der Waals surface area contributed by atoms with Crippen LogP contribution in [-0.4, -0.2) is 23.9 Å². The Hall–Kier alpha value is -6.84. The molecular weight excluding hydrogens is 589 g/mol. The summed E-state index contributed by atoms with van der Waals surface area (Å²) in [5.41, 5.74) is 9.43. The van der Waals surface area contributed by atoms with Gasteiger partial charge in [0.2, 0.25) is 5.95 Å². The van der Waals surface area contributed by atoms with Gasteiger partial charge in [0.1, 0.15) is 11.2 Å².